The largest absolute Gasteiger partial charge is 0.352 e. The average Bonchev–Trinajstić information content (AvgIpc) is 3.38. The van der Waals surface area contributed by atoms with E-state index in [0.29, 0.717) is 24.2 Å². The number of likely N-dealkylation sites (tertiary alicyclic amines) is 1. The third kappa shape index (κ3) is 9.21. The molecular formula is C25H36Cl2N8O3S. The van der Waals surface area contributed by atoms with Crippen LogP contribution in [0.5, 0.6) is 0 Å². The van der Waals surface area contributed by atoms with Crippen molar-refractivity contribution in [2.45, 2.75) is 51.7 Å². The number of rotatable bonds is 9. The van der Waals surface area contributed by atoms with Crippen molar-refractivity contribution in [1.82, 2.24) is 41.4 Å². The maximum absolute atomic E-state index is 13.1. The molecule has 4 N–H and O–H groups in total. The second-order valence-electron chi connectivity index (χ2n) is 9.74. The first kappa shape index (κ1) is 30.9. The van der Waals surface area contributed by atoms with Crippen LogP contribution in [0, 0.1) is 6.92 Å². The van der Waals surface area contributed by atoms with Crippen LogP contribution in [0.3, 0.4) is 0 Å². The predicted molar refractivity (Wildman–Crippen MR) is 154 cm³/mol. The molecule has 2 aromatic heterocycles. The van der Waals surface area contributed by atoms with Crippen LogP contribution in [0.2, 0.25) is 10.3 Å². The number of carbonyl (C=O) groups is 3. The van der Waals surface area contributed by atoms with Gasteiger partial charge >= 0.3 is 12.1 Å². The van der Waals surface area contributed by atoms with Crippen molar-refractivity contribution in [3.8, 4) is 0 Å². The van der Waals surface area contributed by atoms with Crippen molar-refractivity contribution in [3.63, 3.8) is 0 Å². The summed E-state index contributed by atoms with van der Waals surface area (Å²) in [4.78, 5) is 45.7. The Morgan fingerprint density at radius 3 is 2.54 bits per heavy atom. The van der Waals surface area contributed by atoms with Crippen molar-refractivity contribution in [3.05, 3.63) is 49.9 Å². The van der Waals surface area contributed by atoms with Crippen LogP contribution in [0.25, 0.3) is 0 Å². The van der Waals surface area contributed by atoms with E-state index in [9.17, 15) is 14.4 Å². The SMILES string of the molecule is Cc1cc(Cl)nc(Cl)c1C(=O)NCC[C@@H](C)N1CCC(N(Cc2ccsc2)C(=O)NNC(=O)NN(C)C)CC1. The number of hydrogen-bond donors (Lipinski definition) is 4. The molecule has 0 spiro atoms. The fraction of sp³-hybridized carbons (Fsp3) is 0.520. The van der Waals surface area contributed by atoms with E-state index in [4.69, 9.17) is 23.2 Å². The smallest absolute Gasteiger partial charge is 0.348 e. The van der Waals surface area contributed by atoms with Crippen LogP contribution in [0.1, 0.15) is 47.7 Å². The van der Waals surface area contributed by atoms with Gasteiger partial charge in [-0.25, -0.2) is 30.4 Å². The fourth-order valence-electron chi connectivity index (χ4n) is 4.53. The second kappa shape index (κ2) is 14.7. The van der Waals surface area contributed by atoms with Gasteiger partial charge in [0.05, 0.1) is 5.56 Å². The Balaban J connectivity index is 1.50. The summed E-state index contributed by atoms with van der Waals surface area (Å²) in [6.45, 7) is 6.49. The molecule has 3 heterocycles. The number of hydrogen-bond acceptors (Lipinski definition) is 7. The van der Waals surface area contributed by atoms with Crippen LogP contribution in [0.15, 0.2) is 22.9 Å². The van der Waals surface area contributed by atoms with Gasteiger partial charge < -0.3 is 15.1 Å². The lowest BCUT2D eigenvalue weighted by Gasteiger charge is -2.40. The van der Waals surface area contributed by atoms with E-state index in [1.54, 1.807) is 43.3 Å². The minimum absolute atomic E-state index is 0.0225. The van der Waals surface area contributed by atoms with Crippen LogP contribution in [0.4, 0.5) is 9.59 Å². The lowest BCUT2D eigenvalue weighted by atomic mass is 10.0. The highest BCUT2D eigenvalue weighted by Crippen LogP contribution is 2.23. The van der Waals surface area contributed by atoms with Gasteiger partial charge in [0, 0.05) is 52.4 Å². The molecule has 1 aliphatic heterocycles. The third-order valence-corrected chi connectivity index (χ3v) is 7.78. The summed E-state index contributed by atoms with van der Waals surface area (Å²) < 4.78 is 0. The molecule has 11 nitrogen and oxygen atoms in total. The normalized spacial score (nSPS) is 15.1. The molecule has 1 saturated heterocycles. The number of nitrogens with zero attached hydrogens (tertiary/aromatic N) is 4. The van der Waals surface area contributed by atoms with Gasteiger partial charge in [-0.15, -0.1) is 0 Å². The van der Waals surface area contributed by atoms with Gasteiger partial charge in [0.25, 0.3) is 5.91 Å². The highest BCUT2D eigenvalue weighted by atomic mass is 35.5. The zero-order valence-corrected chi connectivity index (χ0v) is 24.9. The Labute approximate surface area is 243 Å². The Kier molecular flexibility index (Phi) is 11.6. The number of hydrazine groups is 2. The summed E-state index contributed by atoms with van der Waals surface area (Å²) in [5, 5.41) is 8.77. The summed E-state index contributed by atoms with van der Waals surface area (Å²) in [5.74, 6) is -0.268. The molecule has 0 saturated carbocycles. The number of urea groups is 2. The number of nitrogens with one attached hydrogen (secondary N) is 4. The van der Waals surface area contributed by atoms with Crippen molar-refractivity contribution in [1.29, 1.82) is 0 Å². The summed E-state index contributed by atoms with van der Waals surface area (Å²) in [6.07, 6.45) is 2.35. The average molecular weight is 600 g/mol. The van der Waals surface area contributed by atoms with E-state index >= 15 is 0 Å². The molecule has 5 amide bonds. The number of carbonyl (C=O) groups excluding carboxylic acids is 3. The molecule has 0 unspecified atom stereocenters. The molecule has 1 atom stereocenters. The van der Waals surface area contributed by atoms with Crippen LogP contribution in [-0.4, -0.2) is 83.6 Å². The number of aryl methyl sites for hydroxylation is 1. The van der Waals surface area contributed by atoms with E-state index in [-0.39, 0.29) is 34.3 Å². The number of aromatic nitrogens is 1. The van der Waals surface area contributed by atoms with Crippen molar-refractivity contribution in [2.24, 2.45) is 0 Å². The number of pyridine rings is 1. The summed E-state index contributed by atoms with van der Waals surface area (Å²) in [6, 6.07) is 3.00. The predicted octanol–water partition coefficient (Wildman–Crippen LogP) is 3.63. The van der Waals surface area contributed by atoms with E-state index in [1.165, 1.54) is 5.01 Å². The van der Waals surface area contributed by atoms with Crippen LogP contribution in [-0.2, 0) is 6.54 Å². The first-order valence-electron chi connectivity index (χ1n) is 12.7. The van der Waals surface area contributed by atoms with E-state index in [1.807, 2.05) is 16.8 Å². The Morgan fingerprint density at radius 2 is 1.92 bits per heavy atom. The summed E-state index contributed by atoms with van der Waals surface area (Å²) in [7, 11) is 3.36. The van der Waals surface area contributed by atoms with Gasteiger partial charge in [-0.05, 0) is 67.1 Å². The molecule has 0 aromatic carbocycles. The molecule has 0 radical (unpaired) electrons. The Hall–Kier alpha value is -2.64. The van der Waals surface area contributed by atoms with Gasteiger partial charge in [-0.1, -0.05) is 23.2 Å². The molecule has 0 bridgehead atoms. The van der Waals surface area contributed by atoms with E-state index in [2.05, 4.69) is 38.4 Å². The molecule has 1 fully saturated rings. The second-order valence-corrected chi connectivity index (χ2v) is 11.3. The highest BCUT2D eigenvalue weighted by Gasteiger charge is 2.30. The first-order valence-corrected chi connectivity index (χ1v) is 14.4. The van der Waals surface area contributed by atoms with Crippen LogP contribution >= 0.6 is 34.5 Å². The Morgan fingerprint density at radius 1 is 1.21 bits per heavy atom. The van der Waals surface area contributed by atoms with Crippen LogP contribution < -0.4 is 21.6 Å². The topological polar surface area (TPSA) is 122 Å². The third-order valence-electron chi connectivity index (χ3n) is 6.58. The van der Waals surface area contributed by atoms with Gasteiger partial charge in [0.15, 0.2) is 0 Å². The monoisotopic (exact) mass is 598 g/mol. The number of piperidine rings is 1. The summed E-state index contributed by atoms with van der Waals surface area (Å²) in [5.41, 5.74) is 9.51. The van der Waals surface area contributed by atoms with Gasteiger partial charge in [-0.3, -0.25) is 10.2 Å². The number of amides is 5. The zero-order chi connectivity index (χ0) is 28.5. The molecule has 2 aromatic rings. The van der Waals surface area contributed by atoms with Gasteiger partial charge in [0.2, 0.25) is 0 Å². The summed E-state index contributed by atoms with van der Waals surface area (Å²) >= 11 is 13.6. The van der Waals surface area contributed by atoms with Crippen molar-refractivity contribution >= 4 is 52.5 Å². The van der Waals surface area contributed by atoms with Gasteiger partial charge in [0.1, 0.15) is 10.3 Å². The molecule has 214 valence electrons. The maximum Gasteiger partial charge on any atom is 0.348 e. The number of thiophene rings is 1. The lowest BCUT2D eigenvalue weighted by molar-refractivity contribution is 0.0897. The Bertz CT molecular complexity index is 1100. The fourth-order valence-corrected chi connectivity index (χ4v) is 5.81. The molecule has 39 heavy (non-hydrogen) atoms. The molecule has 14 heteroatoms. The number of halogens is 2. The molecule has 3 rings (SSSR count). The minimum atomic E-state index is -0.524. The highest BCUT2D eigenvalue weighted by molar-refractivity contribution is 7.07. The standard InChI is InChI=1S/C25H36Cl2N8O3S/c1-16-13-20(26)29-22(27)21(16)23(36)28-9-5-17(2)34-10-6-19(7-11-34)35(14-18-8-12-39-15-18)25(38)31-30-24(37)32-33(3)4/h8,12-13,15,17,19H,5-7,9-11,14H2,1-4H3,(H,28,36)(H,31,38)(H2,30,32,37)/t17-/m1/s1. The van der Waals surface area contributed by atoms with E-state index in [0.717, 1.165) is 37.9 Å². The molecular weight excluding hydrogens is 563 g/mol. The van der Waals surface area contributed by atoms with Crippen molar-refractivity contribution < 1.29 is 14.4 Å². The molecule has 0 aliphatic carbocycles. The zero-order valence-electron chi connectivity index (χ0n) is 22.6. The lowest BCUT2D eigenvalue weighted by Crippen LogP contribution is -2.57. The van der Waals surface area contributed by atoms with Gasteiger partial charge in [-0.2, -0.15) is 11.3 Å². The quantitative estimate of drug-likeness (QED) is 0.258. The maximum atomic E-state index is 13.1. The van der Waals surface area contributed by atoms with Crippen molar-refractivity contribution in [2.75, 3.05) is 33.7 Å². The first-order chi connectivity index (χ1) is 18.5. The van der Waals surface area contributed by atoms with E-state index < -0.39 is 6.03 Å². The minimum Gasteiger partial charge on any atom is -0.352 e. The molecule has 1 aliphatic rings.